The van der Waals surface area contributed by atoms with Gasteiger partial charge in [-0.15, -0.1) is 0 Å². The van der Waals surface area contributed by atoms with Crippen molar-refractivity contribution in [2.75, 3.05) is 0 Å². The van der Waals surface area contributed by atoms with Crippen molar-refractivity contribution in [2.24, 2.45) is 0 Å². The van der Waals surface area contributed by atoms with Crippen molar-refractivity contribution in [3.63, 3.8) is 0 Å². The van der Waals surface area contributed by atoms with Crippen LogP contribution in [0.5, 0.6) is 0 Å². The highest BCUT2D eigenvalue weighted by Crippen LogP contribution is 2.31. The van der Waals surface area contributed by atoms with E-state index in [1.54, 1.807) is 30.6 Å². The Bertz CT molecular complexity index is 537. The summed E-state index contributed by atoms with van der Waals surface area (Å²) in [5, 5.41) is 9.43. The first-order valence-electron chi connectivity index (χ1n) is 4.44. The van der Waals surface area contributed by atoms with Crippen LogP contribution in [-0.4, -0.2) is 9.97 Å². The largest absolute Gasteiger partial charge is 0.231 e. The van der Waals surface area contributed by atoms with E-state index in [1.807, 2.05) is 6.07 Å². The molecule has 0 fully saturated rings. The lowest BCUT2D eigenvalue weighted by atomic mass is 10.2. The molecular formula is C11H6BrN3S. The first kappa shape index (κ1) is 11.1. The van der Waals surface area contributed by atoms with Gasteiger partial charge in [-0.1, -0.05) is 0 Å². The summed E-state index contributed by atoms with van der Waals surface area (Å²) in [6, 6.07) is 9.30. The maximum absolute atomic E-state index is 8.74. The van der Waals surface area contributed by atoms with E-state index in [4.69, 9.17) is 5.26 Å². The lowest BCUT2D eigenvalue weighted by Crippen LogP contribution is -1.84. The summed E-state index contributed by atoms with van der Waals surface area (Å²) in [7, 11) is 0. The van der Waals surface area contributed by atoms with Gasteiger partial charge in [0.15, 0.2) is 5.16 Å². The lowest BCUT2D eigenvalue weighted by Gasteiger charge is -2.02. The molecular weight excluding hydrogens is 286 g/mol. The molecule has 2 rings (SSSR count). The van der Waals surface area contributed by atoms with Gasteiger partial charge in [0.25, 0.3) is 0 Å². The van der Waals surface area contributed by atoms with Gasteiger partial charge in [-0.3, -0.25) is 0 Å². The molecule has 0 aliphatic rings. The third-order valence-corrected chi connectivity index (χ3v) is 3.69. The van der Waals surface area contributed by atoms with E-state index in [0.717, 1.165) is 9.37 Å². The predicted octanol–water partition coefficient (Wildman–Crippen LogP) is 3.26. The number of benzene rings is 1. The van der Waals surface area contributed by atoms with Crippen molar-refractivity contribution in [1.29, 1.82) is 5.26 Å². The minimum Gasteiger partial charge on any atom is -0.231 e. The van der Waals surface area contributed by atoms with E-state index in [2.05, 4.69) is 32.0 Å². The molecule has 1 aromatic heterocycles. The van der Waals surface area contributed by atoms with Crippen LogP contribution in [0.2, 0.25) is 0 Å². The maximum atomic E-state index is 8.74. The fraction of sp³-hybridized carbons (Fsp3) is 0. The first-order chi connectivity index (χ1) is 7.79. The molecule has 0 amide bonds. The van der Waals surface area contributed by atoms with E-state index < -0.39 is 0 Å². The summed E-state index contributed by atoms with van der Waals surface area (Å²) in [4.78, 5) is 9.24. The zero-order chi connectivity index (χ0) is 11.4. The van der Waals surface area contributed by atoms with Crippen molar-refractivity contribution in [1.82, 2.24) is 9.97 Å². The normalized spacial score (nSPS) is 9.75. The van der Waals surface area contributed by atoms with Crippen LogP contribution >= 0.6 is 27.7 Å². The van der Waals surface area contributed by atoms with E-state index >= 15 is 0 Å². The highest BCUT2D eigenvalue weighted by molar-refractivity contribution is 9.10. The van der Waals surface area contributed by atoms with Crippen molar-refractivity contribution in [3.05, 3.63) is 46.7 Å². The molecule has 0 aliphatic heterocycles. The Morgan fingerprint density at radius 1 is 1.25 bits per heavy atom. The second-order valence-corrected chi connectivity index (χ2v) is 4.75. The van der Waals surface area contributed by atoms with E-state index in [1.165, 1.54) is 11.8 Å². The summed E-state index contributed by atoms with van der Waals surface area (Å²) in [5.74, 6) is 0. The maximum Gasteiger partial charge on any atom is 0.192 e. The highest BCUT2D eigenvalue weighted by Gasteiger charge is 2.04. The molecule has 0 spiro atoms. The third kappa shape index (κ3) is 2.60. The Morgan fingerprint density at radius 3 is 2.62 bits per heavy atom. The topological polar surface area (TPSA) is 49.6 Å². The quantitative estimate of drug-likeness (QED) is 0.797. The molecule has 0 unspecified atom stereocenters. The minimum absolute atomic E-state index is 0.630. The van der Waals surface area contributed by atoms with Crippen LogP contribution in [0.4, 0.5) is 0 Å². The smallest absolute Gasteiger partial charge is 0.192 e. The number of hydrogen-bond donors (Lipinski definition) is 0. The summed E-state index contributed by atoms with van der Waals surface area (Å²) in [6.07, 6.45) is 3.40. The predicted molar refractivity (Wildman–Crippen MR) is 65.0 cm³/mol. The van der Waals surface area contributed by atoms with Gasteiger partial charge in [0.2, 0.25) is 0 Å². The van der Waals surface area contributed by atoms with Crippen molar-refractivity contribution < 1.29 is 0 Å². The molecule has 0 saturated heterocycles. The third-order valence-electron chi connectivity index (χ3n) is 1.80. The van der Waals surface area contributed by atoms with E-state index in [0.29, 0.717) is 10.7 Å². The number of nitriles is 1. The van der Waals surface area contributed by atoms with Gasteiger partial charge in [0, 0.05) is 21.8 Å². The molecule has 3 nitrogen and oxygen atoms in total. The molecule has 1 aromatic carbocycles. The molecule has 1 heterocycles. The minimum atomic E-state index is 0.630. The fourth-order valence-corrected chi connectivity index (χ4v) is 2.43. The van der Waals surface area contributed by atoms with Crippen molar-refractivity contribution >= 4 is 27.7 Å². The average molecular weight is 292 g/mol. The van der Waals surface area contributed by atoms with Gasteiger partial charge in [-0.2, -0.15) is 5.26 Å². The molecule has 0 saturated carbocycles. The van der Waals surface area contributed by atoms with Crippen LogP contribution in [-0.2, 0) is 0 Å². The summed E-state index contributed by atoms with van der Waals surface area (Å²) >= 11 is 4.87. The Hall–Kier alpha value is -1.38. The molecule has 0 aliphatic carbocycles. The lowest BCUT2D eigenvalue weighted by molar-refractivity contribution is 0.966. The Kier molecular flexibility index (Phi) is 3.54. The number of halogens is 1. The van der Waals surface area contributed by atoms with Gasteiger partial charge < -0.3 is 0 Å². The van der Waals surface area contributed by atoms with Crippen LogP contribution in [0.25, 0.3) is 0 Å². The van der Waals surface area contributed by atoms with Crippen molar-refractivity contribution in [2.45, 2.75) is 10.1 Å². The zero-order valence-electron chi connectivity index (χ0n) is 8.09. The monoisotopic (exact) mass is 291 g/mol. The SMILES string of the molecule is N#Cc1ccc(Sc2ncccn2)c(Br)c1. The molecule has 78 valence electrons. The molecule has 0 radical (unpaired) electrons. The molecule has 16 heavy (non-hydrogen) atoms. The average Bonchev–Trinajstić information content (AvgIpc) is 2.33. The molecule has 5 heteroatoms. The highest BCUT2D eigenvalue weighted by atomic mass is 79.9. The van der Waals surface area contributed by atoms with Gasteiger partial charge in [0.05, 0.1) is 11.6 Å². The van der Waals surface area contributed by atoms with Crippen LogP contribution < -0.4 is 0 Å². The molecule has 0 bridgehead atoms. The number of hydrogen-bond acceptors (Lipinski definition) is 4. The second kappa shape index (κ2) is 5.10. The number of rotatable bonds is 2. The van der Waals surface area contributed by atoms with Gasteiger partial charge in [-0.05, 0) is 52.0 Å². The Morgan fingerprint density at radius 2 is 2.00 bits per heavy atom. The molecule has 0 N–H and O–H groups in total. The van der Waals surface area contributed by atoms with Crippen molar-refractivity contribution in [3.8, 4) is 6.07 Å². The van der Waals surface area contributed by atoms with Crippen LogP contribution in [0.15, 0.2) is 51.2 Å². The standard InChI is InChI=1S/C11H6BrN3S/c12-9-6-8(7-13)2-3-10(9)16-11-14-4-1-5-15-11/h1-6H. The second-order valence-electron chi connectivity index (χ2n) is 2.89. The van der Waals surface area contributed by atoms with Gasteiger partial charge in [-0.25, -0.2) is 9.97 Å². The van der Waals surface area contributed by atoms with Gasteiger partial charge in [0.1, 0.15) is 0 Å². The van der Waals surface area contributed by atoms with E-state index in [-0.39, 0.29) is 0 Å². The number of nitrogens with zero attached hydrogens (tertiary/aromatic N) is 3. The molecule has 2 aromatic rings. The van der Waals surface area contributed by atoms with Gasteiger partial charge >= 0.3 is 0 Å². The zero-order valence-corrected chi connectivity index (χ0v) is 10.5. The summed E-state index contributed by atoms with van der Waals surface area (Å²) in [5.41, 5.74) is 0.630. The summed E-state index contributed by atoms with van der Waals surface area (Å²) < 4.78 is 0.879. The fourth-order valence-electron chi connectivity index (χ4n) is 1.09. The first-order valence-corrected chi connectivity index (χ1v) is 6.05. The Labute approximate surface area is 106 Å². The summed E-state index contributed by atoms with van der Waals surface area (Å²) in [6.45, 7) is 0. The number of aromatic nitrogens is 2. The van der Waals surface area contributed by atoms with Crippen LogP contribution in [0.3, 0.4) is 0 Å². The van der Waals surface area contributed by atoms with Crippen LogP contribution in [0, 0.1) is 11.3 Å². The van der Waals surface area contributed by atoms with E-state index in [9.17, 15) is 0 Å². The Balaban J connectivity index is 2.27. The van der Waals surface area contributed by atoms with Crippen LogP contribution in [0.1, 0.15) is 5.56 Å². The molecule has 0 atom stereocenters.